The number of nitrogen functional groups attached to an aromatic ring is 1. The van der Waals surface area contributed by atoms with Gasteiger partial charge >= 0.3 is 0 Å². The van der Waals surface area contributed by atoms with E-state index in [2.05, 4.69) is 10.3 Å². The zero-order valence-electron chi connectivity index (χ0n) is 15.7. The van der Waals surface area contributed by atoms with Crippen LogP contribution in [0.25, 0.3) is 21.9 Å². The van der Waals surface area contributed by atoms with E-state index in [4.69, 9.17) is 5.73 Å². The molecule has 0 saturated carbocycles. The summed E-state index contributed by atoms with van der Waals surface area (Å²) in [5.74, 6) is -0.281. The summed E-state index contributed by atoms with van der Waals surface area (Å²) in [5.41, 5.74) is 9.71. The van der Waals surface area contributed by atoms with Crippen LogP contribution >= 0.6 is 0 Å². The van der Waals surface area contributed by atoms with Crippen LogP contribution in [0.5, 0.6) is 0 Å². The van der Waals surface area contributed by atoms with Gasteiger partial charge in [-0.1, -0.05) is 30.3 Å². The highest BCUT2D eigenvalue weighted by atomic mass is 19.1. The predicted octanol–water partition coefficient (Wildman–Crippen LogP) is 3.95. The number of carbonyl (C=O) groups is 1. The van der Waals surface area contributed by atoms with Crippen molar-refractivity contribution in [3.05, 3.63) is 83.5 Å². The summed E-state index contributed by atoms with van der Waals surface area (Å²) in [6.07, 6.45) is 6.46. The standard InChI is InChI=1S/C23H20FN3O2/c24-17-3-1-2-15(10-17)16-6-9-19-20(11-16)22(25)26-12-21(19)23(29)27-18-7-4-14(13-28)5-8-18/h1-4,6-7,9-12,28H,5,8,13H2,(H2,25,26)(H,27,29). The number of pyridine rings is 1. The fourth-order valence-corrected chi connectivity index (χ4v) is 3.42. The minimum absolute atomic E-state index is 0.0257. The first-order valence-electron chi connectivity index (χ1n) is 9.30. The van der Waals surface area contributed by atoms with Gasteiger partial charge in [0.2, 0.25) is 0 Å². The highest BCUT2D eigenvalue weighted by molar-refractivity contribution is 6.10. The number of halogens is 1. The average Bonchev–Trinajstić information content (AvgIpc) is 2.74. The van der Waals surface area contributed by atoms with Crippen molar-refractivity contribution in [2.45, 2.75) is 12.8 Å². The van der Waals surface area contributed by atoms with E-state index in [9.17, 15) is 14.3 Å². The Kier molecular flexibility index (Phi) is 5.10. The molecule has 0 spiro atoms. The summed E-state index contributed by atoms with van der Waals surface area (Å²) < 4.78 is 13.6. The molecule has 0 fully saturated rings. The van der Waals surface area contributed by atoms with E-state index in [1.807, 2.05) is 36.4 Å². The van der Waals surface area contributed by atoms with Crippen LogP contribution in [0.3, 0.4) is 0 Å². The summed E-state index contributed by atoms with van der Waals surface area (Å²) in [7, 11) is 0. The third-order valence-corrected chi connectivity index (χ3v) is 5.03. The number of nitrogens with zero attached hydrogens (tertiary/aromatic N) is 1. The molecule has 3 aromatic rings. The average molecular weight is 389 g/mol. The van der Waals surface area contributed by atoms with E-state index in [1.54, 1.807) is 6.07 Å². The summed E-state index contributed by atoms with van der Waals surface area (Å²) in [6.45, 7) is 0.0257. The number of benzene rings is 2. The SMILES string of the molecule is Nc1ncc(C(=O)NC2=CC=C(CO)CC2)c2ccc(-c3cccc(F)c3)cc12. The molecule has 146 valence electrons. The van der Waals surface area contributed by atoms with Crippen molar-refractivity contribution in [2.75, 3.05) is 12.3 Å². The molecule has 0 radical (unpaired) electrons. The van der Waals surface area contributed by atoms with E-state index in [0.29, 0.717) is 35.0 Å². The lowest BCUT2D eigenvalue weighted by Crippen LogP contribution is -2.24. The second kappa shape index (κ2) is 7.85. The van der Waals surface area contributed by atoms with Crippen molar-refractivity contribution < 1.29 is 14.3 Å². The smallest absolute Gasteiger partial charge is 0.257 e. The molecular weight excluding hydrogens is 369 g/mol. The van der Waals surface area contributed by atoms with Gasteiger partial charge in [0, 0.05) is 17.3 Å². The summed E-state index contributed by atoms with van der Waals surface area (Å²) >= 11 is 0. The van der Waals surface area contributed by atoms with Gasteiger partial charge < -0.3 is 16.2 Å². The van der Waals surface area contributed by atoms with Crippen molar-refractivity contribution in [2.24, 2.45) is 0 Å². The van der Waals surface area contributed by atoms with Crippen molar-refractivity contribution in [1.29, 1.82) is 0 Å². The number of aliphatic hydroxyl groups is 1. The number of hydrogen-bond donors (Lipinski definition) is 3. The molecule has 4 N–H and O–H groups in total. The number of nitrogens with one attached hydrogen (secondary N) is 1. The third-order valence-electron chi connectivity index (χ3n) is 5.03. The minimum Gasteiger partial charge on any atom is -0.392 e. The third kappa shape index (κ3) is 3.88. The van der Waals surface area contributed by atoms with E-state index in [1.165, 1.54) is 18.3 Å². The molecule has 1 aliphatic rings. The molecule has 1 aliphatic carbocycles. The highest BCUT2D eigenvalue weighted by Crippen LogP contribution is 2.29. The Labute approximate surface area is 167 Å². The number of allylic oxidation sites excluding steroid dienone is 3. The molecule has 5 nitrogen and oxygen atoms in total. The lowest BCUT2D eigenvalue weighted by atomic mass is 9.99. The molecule has 0 atom stereocenters. The summed E-state index contributed by atoms with van der Waals surface area (Å²) in [4.78, 5) is 17.0. The van der Waals surface area contributed by atoms with Crippen molar-refractivity contribution in [1.82, 2.24) is 10.3 Å². The number of carbonyl (C=O) groups excluding carboxylic acids is 1. The van der Waals surface area contributed by atoms with Gasteiger partial charge in [-0.05, 0) is 59.2 Å². The van der Waals surface area contributed by atoms with Gasteiger partial charge in [0.15, 0.2) is 0 Å². The number of hydrogen-bond acceptors (Lipinski definition) is 4. The molecule has 29 heavy (non-hydrogen) atoms. The molecule has 4 rings (SSSR count). The maximum absolute atomic E-state index is 13.6. The quantitative estimate of drug-likeness (QED) is 0.630. The van der Waals surface area contributed by atoms with Gasteiger partial charge in [0.25, 0.3) is 5.91 Å². The van der Waals surface area contributed by atoms with Crippen LogP contribution in [0, 0.1) is 5.82 Å². The van der Waals surface area contributed by atoms with Crippen LogP contribution in [-0.4, -0.2) is 22.6 Å². The number of aromatic nitrogens is 1. The van der Waals surface area contributed by atoms with Gasteiger partial charge in [-0.3, -0.25) is 4.79 Å². The predicted molar refractivity (Wildman–Crippen MR) is 112 cm³/mol. The number of fused-ring (bicyclic) bond motifs is 1. The van der Waals surface area contributed by atoms with E-state index in [0.717, 1.165) is 22.4 Å². The van der Waals surface area contributed by atoms with Gasteiger partial charge in [-0.15, -0.1) is 0 Å². The molecular formula is C23H20FN3O2. The van der Waals surface area contributed by atoms with Crippen LogP contribution < -0.4 is 11.1 Å². The van der Waals surface area contributed by atoms with Gasteiger partial charge in [-0.25, -0.2) is 9.37 Å². The molecule has 6 heteroatoms. The molecule has 1 aromatic heterocycles. The fraction of sp³-hybridized carbons (Fsp3) is 0.130. The Bertz CT molecular complexity index is 1170. The first-order valence-corrected chi connectivity index (χ1v) is 9.30. The molecule has 1 amide bonds. The fourth-order valence-electron chi connectivity index (χ4n) is 3.42. The molecule has 0 unspecified atom stereocenters. The Morgan fingerprint density at radius 1 is 1.10 bits per heavy atom. The lowest BCUT2D eigenvalue weighted by Gasteiger charge is -2.15. The highest BCUT2D eigenvalue weighted by Gasteiger charge is 2.16. The van der Waals surface area contributed by atoms with E-state index < -0.39 is 0 Å². The topological polar surface area (TPSA) is 88.2 Å². The Balaban J connectivity index is 1.69. The Morgan fingerprint density at radius 3 is 2.66 bits per heavy atom. The Hall–Kier alpha value is -3.51. The zero-order valence-corrected chi connectivity index (χ0v) is 15.7. The number of rotatable bonds is 4. The van der Waals surface area contributed by atoms with Crippen molar-refractivity contribution in [3.63, 3.8) is 0 Å². The van der Waals surface area contributed by atoms with E-state index >= 15 is 0 Å². The molecule has 0 aliphatic heterocycles. The number of amides is 1. The number of nitrogens with two attached hydrogens (primary N) is 1. The molecule has 0 saturated heterocycles. The van der Waals surface area contributed by atoms with Crippen LogP contribution in [0.2, 0.25) is 0 Å². The van der Waals surface area contributed by atoms with Crippen molar-refractivity contribution in [3.8, 4) is 11.1 Å². The number of anilines is 1. The first-order chi connectivity index (χ1) is 14.0. The first kappa shape index (κ1) is 18.8. The van der Waals surface area contributed by atoms with Gasteiger partial charge in [0.05, 0.1) is 12.2 Å². The maximum atomic E-state index is 13.6. The van der Waals surface area contributed by atoms with Crippen LogP contribution in [-0.2, 0) is 0 Å². The normalized spacial score (nSPS) is 13.7. The lowest BCUT2D eigenvalue weighted by molar-refractivity contribution is 0.0965. The second-order valence-corrected chi connectivity index (χ2v) is 6.96. The monoisotopic (exact) mass is 389 g/mol. The van der Waals surface area contributed by atoms with Crippen LogP contribution in [0.1, 0.15) is 23.2 Å². The van der Waals surface area contributed by atoms with Crippen molar-refractivity contribution >= 4 is 22.5 Å². The van der Waals surface area contributed by atoms with Crippen LogP contribution in [0.15, 0.2) is 72.1 Å². The molecule has 0 bridgehead atoms. The van der Waals surface area contributed by atoms with Crippen LogP contribution in [0.4, 0.5) is 10.2 Å². The maximum Gasteiger partial charge on any atom is 0.257 e. The summed E-state index contributed by atoms with van der Waals surface area (Å²) in [5, 5.41) is 13.4. The molecule has 2 aromatic carbocycles. The van der Waals surface area contributed by atoms with Gasteiger partial charge in [0.1, 0.15) is 11.6 Å². The van der Waals surface area contributed by atoms with E-state index in [-0.39, 0.29) is 18.3 Å². The molecule has 1 heterocycles. The largest absolute Gasteiger partial charge is 0.392 e. The minimum atomic E-state index is -0.319. The van der Waals surface area contributed by atoms with Gasteiger partial charge in [-0.2, -0.15) is 0 Å². The summed E-state index contributed by atoms with van der Waals surface area (Å²) in [6, 6.07) is 11.8. The Morgan fingerprint density at radius 2 is 1.93 bits per heavy atom. The second-order valence-electron chi connectivity index (χ2n) is 6.96. The number of aliphatic hydroxyl groups excluding tert-OH is 1. The zero-order chi connectivity index (χ0) is 20.4.